The van der Waals surface area contributed by atoms with Crippen LogP contribution in [0.2, 0.25) is 0 Å². The lowest BCUT2D eigenvalue weighted by molar-refractivity contribution is 0.430. The molecule has 0 radical (unpaired) electrons. The molecule has 2 rings (SSSR count). The number of pyridine rings is 1. The highest BCUT2D eigenvalue weighted by Crippen LogP contribution is 2.17. The minimum absolute atomic E-state index is 0.308. The summed E-state index contributed by atoms with van der Waals surface area (Å²) in [5.41, 5.74) is 6.86. The molecule has 0 amide bonds. The van der Waals surface area contributed by atoms with Gasteiger partial charge in [0.15, 0.2) is 0 Å². The molecule has 2 heterocycles. The Morgan fingerprint density at radius 3 is 3.08 bits per heavy atom. The fourth-order valence-corrected chi connectivity index (χ4v) is 1.60. The van der Waals surface area contributed by atoms with Crippen LogP contribution < -0.4 is 16.4 Å². The van der Waals surface area contributed by atoms with Crippen LogP contribution in [-0.4, -0.2) is 24.6 Å². The van der Waals surface area contributed by atoms with Crippen LogP contribution in [0.3, 0.4) is 0 Å². The predicted octanol–water partition coefficient (Wildman–Crippen LogP) is -0.102. The van der Waals surface area contributed by atoms with Crippen molar-refractivity contribution in [2.75, 3.05) is 25.4 Å². The van der Waals surface area contributed by atoms with E-state index in [1.165, 1.54) is 0 Å². The van der Waals surface area contributed by atoms with Gasteiger partial charge in [-0.2, -0.15) is 0 Å². The number of nitrogens with two attached hydrogens (primary N) is 1. The van der Waals surface area contributed by atoms with Gasteiger partial charge in [0.25, 0.3) is 0 Å². The highest BCUT2D eigenvalue weighted by Gasteiger charge is 2.16. The lowest BCUT2D eigenvalue weighted by Crippen LogP contribution is -2.42. The second-order valence-corrected chi connectivity index (χ2v) is 3.19. The number of nitrogen functional groups attached to an aromatic ring is 1. The van der Waals surface area contributed by atoms with E-state index in [1.807, 2.05) is 12.1 Å². The van der Waals surface area contributed by atoms with Crippen LogP contribution in [0.15, 0.2) is 18.3 Å². The number of piperazine rings is 1. The summed E-state index contributed by atoms with van der Waals surface area (Å²) in [6, 6.07) is 4.25. The lowest BCUT2D eigenvalue weighted by atomic mass is 10.1. The molecule has 1 aromatic heterocycles. The number of aromatic nitrogens is 1. The van der Waals surface area contributed by atoms with Crippen molar-refractivity contribution in [3.8, 4) is 0 Å². The summed E-state index contributed by atoms with van der Waals surface area (Å²) in [5, 5.41) is 6.71. The fraction of sp³-hybridized carbons (Fsp3) is 0.444. The van der Waals surface area contributed by atoms with Crippen molar-refractivity contribution in [2.24, 2.45) is 0 Å². The maximum Gasteiger partial charge on any atom is 0.128 e. The lowest BCUT2D eigenvalue weighted by Gasteiger charge is -2.25. The van der Waals surface area contributed by atoms with Crippen molar-refractivity contribution in [3.63, 3.8) is 0 Å². The van der Waals surface area contributed by atoms with Crippen LogP contribution in [0.25, 0.3) is 0 Å². The van der Waals surface area contributed by atoms with Gasteiger partial charge in [-0.15, -0.1) is 0 Å². The number of nitrogens with one attached hydrogen (secondary N) is 2. The van der Waals surface area contributed by atoms with Gasteiger partial charge in [-0.1, -0.05) is 6.07 Å². The Morgan fingerprint density at radius 2 is 2.38 bits per heavy atom. The Kier molecular flexibility index (Phi) is 2.42. The molecule has 0 bridgehead atoms. The largest absolute Gasteiger partial charge is 0.383 e. The quantitative estimate of drug-likeness (QED) is 0.562. The van der Waals surface area contributed by atoms with Crippen LogP contribution in [0.4, 0.5) is 5.82 Å². The van der Waals surface area contributed by atoms with Crippen molar-refractivity contribution in [2.45, 2.75) is 6.04 Å². The molecule has 0 aliphatic carbocycles. The molecule has 0 aromatic carbocycles. The molecule has 1 aromatic rings. The minimum Gasteiger partial charge on any atom is -0.383 e. The summed E-state index contributed by atoms with van der Waals surface area (Å²) in [4.78, 5) is 4.06. The maximum atomic E-state index is 5.77. The molecular weight excluding hydrogens is 164 g/mol. The molecule has 4 heteroatoms. The van der Waals surface area contributed by atoms with E-state index in [0.717, 1.165) is 25.2 Å². The van der Waals surface area contributed by atoms with Crippen molar-refractivity contribution < 1.29 is 0 Å². The van der Waals surface area contributed by atoms with Crippen LogP contribution in [-0.2, 0) is 0 Å². The Hall–Kier alpha value is -1.13. The molecule has 4 nitrogen and oxygen atoms in total. The van der Waals surface area contributed by atoms with Crippen molar-refractivity contribution in [1.82, 2.24) is 15.6 Å². The minimum atomic E-state index is 0.308. The van der Waals surface area contributed by atoms with Gasteiger partial charge in [0, 0.05) is 37.4 Å². The standard InChI is InChI=1S/C9H14N4/c10-9-7(2-1-3-13-9)8-6-11-4-5-12-8/h1-3,8,11-12H,4-6H2,(H2,10,13)/t8-/m1/s1. The van der Waals surface area contributed by atoms with E-state index in [0.29, 0.717) is 11.9 Å². The van der Waals surface area contributed by atoms with Crippen LogP contribution in [0.5, 0.6) is 0 Å². The van der Waals surface area contributed by atoms with E-state index in [9.17, 15) is 0 Å². The van der Waals surface area contributed by atoms with E-state index >= 15 is 0 Å². The van der Waals surface area contributed by atoms with E-state index in [4.69, 9.17) is 5.73 Å². The number of hydrogen-bond acceptors (Lipinski definition) is 4. The van der Waals surface area contributed by atoms with Gasteiger partial charge < -0.3 is 16.4 Å². The molecule has 13 heavy (non-hydrogen) atoms. The van der Waals surface area contributed by atoms with Crippen molar-refractivity contribution in [1.29, 1.82) is 0 Å². The molecule has 1 saturated heterocycles. The first-order valence-corrected chi connectivity index (χ1v) is 4.52. The summed E-state index contributed by atoms with van der Waals surface area (Å²) >= 11 is 0. The van der Waals surface area contributed by atoms with Crippen molar-refractivity contribution >= 4 is 5.82 Å². The van der Waals surface area contributed by atoms with Gasteiger partial charge >= 0.3 is 0 Å². The van der Waals surface area contributed by atoms with E-state index < -0.39 is 0 Å². The van der Waals surface area contributed by atoms with Crippen LogP contribution >= 0.6 is 0 Å². The van der Waals surface area contributed by atoms with Gasteiger partial charge in [-0.05, 0) is 6.07 Å². The second kappa shape index (κ2) is 3.72. The first kappa shape index (κ1) is 8.47. The van der Waals surface area contributed by atoms with Crippen molar-refractivity contribution in [3.05, 3.63) is 23.9 Å². The molecule has 1 atom stereocenters. The highest BCUT2D eigenvalue weighted by molar-refractivity contribution is 5.41. The zero-order valence-corrected chi connectivity index (χ0v) is 7.46. The summed E-state index contributed by atoms with van der Waals surface area (Å²) in [6.07, 6.45) is 1.72. The molecule has 1 aliphatic rings. The third kappa shape index (κ3) is 1.79. The SMILES string of the molecule is Nc1ncccc1[C@H]1CNCCN1. The average molecular weight is 178 g/mol. The van der Waals surface area contributed by atoms with Crippen LogP contribution in [0, 0.1) is 0 Å². The zero-order valence-electron chi connectivity index (χ0n) is 7.46. The summed E-state index contributed by atoms with van der Waals surface area (Å²) in [7, 11) is 0. The van der Waals surface area contributed by atoms with Gasteiger partial charge in [0.05, 0.1) is 0 Å². The predicted molar refractivity (Wildman–Crippen MR) is 52.3 cm³/mol. The number of nitrogens with zero attached hydrogens (tertiary/aromatic N) is 1. The van der Waals surface area contributed by atoms with Gasteiger partial charge in [0.1, 0.15) is 5.82 Å². The zero-order chi connectivity index (χ0) is 9.10. The van der Waals surface area contributed by atoms with E-state index in [-0.39, 0.29) is 0 Å². The maximum absolute atomic E-state index is 5.77. The fourth-order valence-electron chi connectivity index (χ4n) is 1.60. The normalized spacial score (nSPS) is 22.9. The number of rotatable bonds is 1. The molecule has 0 saturated carbocycles. The smallest absolute Gasteiger partial charge is 0.128 e. The Bertz CT molecular complexity index is 281. The third-order valence-electron chi connectivity index (χ3n) is 2.29. The van der Waals surface area contributed by atoms with Crippen LogP contribution in [0.1, 0.15) is 11.6 Å². The second-order valence-electron chi connectivity index (χ2n) is 3.19. The molecule has 0 unspecified atom stereocenters. The molecule has 1 aliphatic heterocycles. The Morgan fingerprint density at radius 1 is 1.46 bits per heavy atom. The molecule has 70 valence electrons. The summed E-state index contributed by atoms with van der Waals surface area (Å²) < 4.78 is 0. The number of hydrogen-bond donors (Lipinski definition) is 3. The van der Waals surface area contributed by atoms with E-state index in [2.05, 4.69) is 15.6 Å². The first-order valence-electron chi connectivity index (χ1n) is 4.52. The Labute approximate surface area is 77.5 Å². The highest BCUT2D eigenvalue weighted by atomic mass is 15.1. The van der Waals surface area contributed by atoms with Gasteiger partial charge in [0.2, 0.25) is 0 Å². The molecule has 4 N–H and O–H groups in total. The van der Waals surface area contributed by atoms with Gasteiger partial charge in [-0.3, -0.25) is 0 Å². The number of anilines is 1. The monoisotopic (exact) mass is 178 g/mol. The van der Waals surface area contributed by atoms with Gasteiger partial charge in [-0.25, -0.2) is 4.98 Å². The molecular formula is C9H14N4. The van der Waals surface area contributed by atoms with E-state index in [1.54, 1.807) is 6.20 Å². The third-order valence-corrected chi connectivity index (χ3v) is 2.29. The first-order chi connectivity index (χ1) is 6.38. The topological polar surface area (TPSA) is 63.0 Å². The Balaban J connectivity index is 2.18. The summed E-state index contributed by atoms with van der Waals surface area (Å²) in [5.74, 6) is 0.628. The summed E-state index contributed by atoms with van der Waals surface area (Å²) in [6.45, 7) is 2.94. The molecule has 0 spiro atoms. The molecule has 1 fully saturated rings. The average Bonchev–Trinajstić information content (AvgIpc) is 2.20.